The predicted octanol–water partition coefficient (Wildman–Crippen LogP) is 13.2. The smallest absolute Gasteiger partial charge is 0.166 e. The second kappa shape index (κ2) is 14.3. The number of benzene rings is 8. The highest BCUT2D eigenvalue weighted by molar-refractivity contribution is 6.11. The number of halogens is 2. The van der Waals surface area contributed by atoms with Gasteiger partial charge in [-0.05, 0) is 58.1 Å². The van der Waals surface area contributed by atoms with Crippen LogP contribution in [-0.4, -0.2) is 19.5 Å². The summed E-state index contributed by atoms with van der Waals surface area (Å²) >= 11 is 0. The van der Waals surface area contributed by atoms with Gasteiger partial charge in [0, 0.05) is 33.0 Å². The van der Waals surface area contributed by atoms with Crippen LogP contribution in [0.15, 0.2) is 194 Å². The molecule has 0 bridgehead atoms. The second-order valence-electron chi connectivity index (χ2n) is 13.9. The minimum absolute atomic E-state index is 0.142. The Morgan fingerprint density at radius 3 is 1.30 bits per heavy atom. The third-order valence-corrected chi connectivity index (χ3v) is 10.4. The van der Waals surface area contributed by atoms with Gasteiger partial charge in [-0.25, -0.2) is 23.7 Å². The fourth-order valence-electron chi connectivity index (χ4n) is 7.63. The Balaban J connectivity index is 1.31. The molecule has 6 heteroatoms. The van der Waals surface area contributed by atoms with Crippen LogP contribution in [0.5, 0.6) is 0 Å². The van der Waals surface area contributed by atoms with E-state index in [0.717, 1.165) is 66.9 Å². The molecule has 0 unspecified atom stereocenters. The maximum absolute atomic E-state index is 15.6. The normalized spacial score (nSPS) is 11.3. The minimum atomic E-state index is -0.918. The Bertz CT molecular complexity index is 2920. The Morgan fingerprint density at radius 2 is 0.789 bits per heavy atom. The summed E-state index contributed by atoms with van der Waals surface area (Å²) in [6.07, 6.45) is 0. The van der Waals surface area contributed by atoms with Crippen LogP contribution in [0, 0.1) is 11.6 Å². The lowest BCUT2D eigenvalue weighted by molar-refractivity contribution is 0.511. The van der Waals surface area contributed by atoms with Gasteiger partial charge in [0.25, 0.3) is 0 Å². The van der Waals surface area contributed by atoms with Gasteiger partial charge in [-0.15, -0.1) is 0 Å². The van der Waals surface area contributed by atoms with E-state index in [1.54, 1.807) is 6.07 Å². The largest absolute Gasteiger partial charge is 0.308 e. The molecule has 10 aromatic rings. The third-order valence-electron chi connectivity index (χ3n) is 10.4. The lowest BCUT2D eigenvalue weighted by Gasteiger charge is -2.17. The first-order valence-electron chi connectivity index (χ1n) is 18.7. The van der Waals surface area contributed by atoms with Gasteiger partial charge in [0.15, 0.2) is 29.1 Å². The molecule has 2 heterocycles. The molecule has 8 aromatic carbocycles. The molecule has 0 atom stereocenters. The molecule has 270 valence electrons. The molecule has 0 spiro atoms. The van der Waals surface area contributed by atoms with Crippen molar-refractivity contribution in [2.75, 3.05) is 0 Å². The highest BCUT2D eigenvalue weighted by Crippen LogP contribution is 2.41. The topological polar surface area (TPSA) is 43.6 Å². The van der Waals surface area contributed by atoms with E-state index < -0.39 is 11.6 Å². The molecule has 4 nitrogen and oxygen atoms in total. The van der Waals surface area contributed by atoms with Crippen molar-refractivity contribution in [1.29, 1.82) is 0 Å². The summed E-state index contributed by atoms with van der Waals surface area (Å²) in [7, 11) is 0. The molecule has 0 aliphatic carbocycles. The maximum Gasteiger partial charge on any atom is 0.166 e. The predicted molar refractivity (Wildman–Crippen MR) is 227 cm³/mol. The van der Waals surface area contributed by atoms with Crippen LogP contribution in [0.4, 0.5) is 8.78 Å². The molecule has 10 rings (SSSR count). The van der Waals surface area contributed by atoms with E-state index >= 15 is 4.39 Å². The fraction of sp³-hybridized carbons (Fsp3) is 0. The first-order chi connectivity index (χ1) is 28.1. The fourth-order valence-corrected chi connectivity index (χ4v) is 7.63. The first-order valence-corrected chi connectivity index (χ1v) is 18.7. The van der Waals surface area contributed by atoms with Crippen LogP contribution in [0.2, 0.25) is 0 Å². The van der Waals surface area contributed by atoms with E-state index in [1.165, 1.54) is 6.07 Å². The Hall–Kier alpha value is -7.57. The molecule has 0 saturated heterocycles. The van der Waals surface area contributed by atoms with Gasteiger partial charge in [0.2, 0.25) is 0 Å². The van der Waals surface area contributed by atoms with Gasteiger partial charge in [-0.2, -0.15) is 0 Å². The summed E-state index contributed by atoms with van der Waals surface area (Å²) in [6.45, 7) is 0. The van der Waals surface area contributed by atoms with Gasteiger partial charge in [0.1, 0.15) is 0 Å². The van der Waals surface area contributed by atoms with Crippen LogP contribution in [-0.2, 0) is 0 Å². The second-order valence-corrected chi connectivity index (χ2v) is 13.9. The Morgan fingerprint density at radius 1 is 0.333 bits per heavy atom. The molecule has 0 fully saturated rings. The molecule has 0 amide bonds. The van der Waals surface area contributed by atoms with Gasteiger partial charge in [0.05, 0.1) is 16.7 Å². The van der Waals surface area contributed by atoms with Crippen molar-refractivity contribution in [3.63, 3.8) is 0 Å². The number of fused-ring (bicyclic) bond motifs is 3. The van der Waals surface area contributed by atoms with Crippen molar-refractivity contribution >= 4 is 21.8 Å². The maximum atomic E-state index is 15.6. The van der Waals surface area contributed by atoms with Crippen LogP contribution < -0.4 is 0 Å². The Kier molecular flexibility index (Phi) is 8.49. The summed E-state index contributed by atoms with van der Waals surface area (Å²) in [5.41, 5.74) is 9.94. The molecule has 57 heavy (non-hydrogen) atoms. The number of rotatable bonds is 7. The summed E-state index contributed by atoms with van der Waals surface area (Å²) in [4.78, 5) is 15.2. The molecule has 0 N–H and O–H groups in total. The molecule has 0 saturated carbocycles. The third kappa shape index (κ3) is 6.23. The highest BCUT2D eigenvalue weighted by atomic mass is 19.2. The lowest BCUT2D eigenvalue weighted by Crippen LogP contribution is -2.04. The quantitative estimate of drug-likeness (QED) is 0.164. The van der Waals surface area contributed by atoms with Gasteiger partial charge < -0.3 is 4.57 Å². The number of nitrogens with zero attached hydrogens (tertiary/aromatic N) is 4. The summed E-state index contributed by atoms with van der Waals surface area (Å²) in [6, 6.07) is 63.2. The van der Waals surface area contributed by atoms with E-state index in [2.05, 4.69) is 65.2 Å². The van der Waals surface area contributed by atoms with E-state index in [4.69, 9.17) is 15.0 Å². The molecule has 0 aliphatic heterocycles. The van der Waals surface area contributed by atoms with Crippen molar-refractivity contribution in [3.8, 4) is 73.2 Å². The lowest BCUT2D eigenvalue weighted by atomic mass is 10.00. The molecule has 0 aliphatic rings. The summed E-state index contributed by atoms with van der Waals surface area (Å²) in [5.74, 6) is -0.454. The van der Waals surface area contributed by atoms with Gasteiger partial charge >= 0.3 is 0 Å². The summed E-state index contributed by atoms with van der Waals surface area (Å²) < 4.78 is 32.6. The zero-order valence-corrected chi connectivity index (χ0v) is 30.5. The molecular weight excluding hydrogens is 707 g/mol. The van der Waals surface area contributed by atoms with Crippen LogP contribution >= 0.6 is 0 Å². The number of hydrogen-bond donors (Lipinski definition) is 0. The summed E-state index contributed by atoms with van der Waals surface area (Å²) in [5, 5.41) is 2.14. The monoisotopic (exact) mass is 738 g/mol. The van der Waals surface area contributed by atoms with Crippen molar-refractivity contribution in [1.82, 2.24) is 19.5 Å². The zero-order valence-electron chi connectivity index (χ0n) is 30.5. The van der Waals surface area contributed by atoms with Crippen molar-refractivity contribution in [3.05, 3.63) is 206 Å². The van der Waals surface area contributed by atoms with E-state index in [1.807, 2.05) is 115 Å². The average molecular weight is 739 g/mol. The number of hydrogen-bond acceptors (Lipinski definition) is 3. The molecule has 2 aromatic heterocycles. The zero-order chi connectivity index (χ0) is 38.3. The first kappa shape index (κ1) is 34.0. The minimum Gasteiger partial charge on any atom is -0.308 e. The average Bonchev–Trinajstić information content (AvgIpc) is 3.61. The Labute approximate surface area is 328 Å². The van der Waals surface area contributed by atoms with Crippen molar-refractivity contribution < 1.29 is 8.78 Å². The van der Waals surface area contributed by atoms with Crippen LogP contribution in [0.3, 0.4) is 0 Å². The SMILES string of the molecule is Fc1cccc(-c2ccc(-n3c4cc(-c5ccccc5)ccc4c4ccc(-c5ccccc5)cc43)c(-c3nc(-c4ccccc4)nc(-c4ccccc4)n3)c2)c1F. The van der Waals surface area contributed by atoms with E-state index in [9.17, 15) is 4.39 Å². The highest BCUT2D eigenvalue weighted by Gasteiger charge is 2.22. The number of aromatic nitrogens is 4. The van der Waals surface area contributed by atoms with Gasteiger partial charge in [-0.3, -0.25) is 0 Å². The van der Waals surface area contributed by atoms with Crippen molar-refractivity contribution in [2.24, 2.45) is 0 Å². The standard InChI is InChI=1S/C51H32F2N4/c52-44-23-13-22-40(48(44)53)39-26-29-45(43(30-39)51-55-49(35-18-9-3-10-19-35)54-50(56-51)36-20-11-4-12-21-36)57-46-31-37(33-14-5-1-6-15-33)24-27-41(46)42-28-25-38(32-47(42)57)34-16-7-2-8-17-34/h1-32H. The van der Waals surface area contributed by atoms with E-state index in [0.29, 0.717) is 28.6 Å². The molecule has 0 radical (unpaired) electrons. The van der Waals surface area contributed by atoms with Gasteiger partial charge in [-0.1, -0.05) is 164 Å². The molecular formula is C51H32F2N4. The van der Waals surface area contributed by atoms with Crippen LogP contribution in [0.25, 0.3) is 95.0 Å². The van der Waals surface area contributed by atoms with Crippen molar-refractivity contribution in [2.45, 2.75) is 0 Å². The van der Waals surface area contributed by atoms with E-state index in [-0.39, 0.29) is 5.56 Å². The van der Waals surface area contributed by atoms with Crippen LogP contribution in [0.1, 0.15) is 0 Å².